The first-order valence-electron chi connectivity index (χ1n) is 7.73. The van der Waals surface area contributed by atoms with Gasteiger partial charge in [-0.25, -0.2) is 5.84 Å². The fourth-order valence-corrected chi connectivity index (χ4v) is 2.26. The molecule has 2 aromatic rings. The minimum Gasteiger partial charge on any atom is -0.497 e. The largest absolute Gasteiger partial charge is 0.497 e. The second kappa shape index (κ2) is 8.16. The molecular weight excluding hydrogens is 320 g/mol. The quantitative estimate of drug-likeness (QED) is 0.316. The second-order valence-electron chi connectivity index (χ2n) is 5.65. The first-order chi connectivity index (χ1) is 11.9. The smallest absolute Gasteiger partial charge is 0.270 e. The van der Waals surface area contributed by atoms with Crippen LogP contribution in [-0.4, -0.2) is 30.5 Å². The molecule has 2 rings (SSSR count). The van der Waals surface area contributed by atoms with E-state index in [2.05, 4.69) is 5.32 Å². The maximum absolute atomic E-state index is 12.3. The minimum absolute atomic E-state index is 0.262. The van der Waals surface area contributed by atoms with Gasteiger partial charge in [-0.15, -0.1) is 0 Å². The van der Waals surface area contributed by atoms with Gasteiger partial charge in [-0.3, -0.25) is 14.6 Å². The average molecular weight is 342 g/mol. The molecule has 0 heterocycles. The van der Waals surface area contributed by atoms with Gasteiger partial charge in [-0.2, -0.15) is 0 Å². The standard InChI is InChI=1S/C18H22N4O3/c1-12-3-8-15(16(19)9-12)18(24)22(20)11-17(23)21-10-13-4-6-14(25-2)7-5-13/h3-9H,10-11,19-20H2,1-2H3,(H,21,23). The second-order valence-corrected chi connectivity index (χ2v) is 5.65. The lowest BCUT2D eigenvalue weighted by Gasteiger charge is -2.17. The molecule has 0 atom stereocenters. The molecule has 7 heteroatoms. The maximum Gasteiger partial charge on any atom is 0.270 e. The number of anilines is 1. The molecule has 0 radical (unpaired) electrons. The van der Waals surface area contributed by atoms with Crippen LogP contribution in [0.1, 0.15) is 21.5 Å². The fourth-order valence-electron chi connectivity index (χ4n) is 2.26. The summed E-state index contributed by atoms with van der Waals surface area (Å²) in [5, 5.41) is 3.56. The normalized spacial score (nSPS) is 10.2. The minimum atomic E-state index is -0.503. The summed E-state index contributed by atoms with van der Waals surface area (Å²) >= 11 is 0. The van der Waals surface area contributed by atoms with E-state index in [0.717, 1.165) is 21.9 Å². The average Bonchev–Trinajstić information content (AvgIpc) is 2.60. The van der Waals surface area contributed by atoms with E-state index in [-0.39, 0.29) is 18.0 Å². The van der Waals surface area contributed by atoms with Gasteiger partial charge in [0.25, 0.3) is 5.91 Å². The van der Waals surface area contributed by atoms with Crippen LogP contribution in [0.2, 0.25) is 0 Å². The summed E-state index contributed by atoms with van der Waals surface area (Å²) in [6.07, 6.45) is 0. The van der Waals surface area contributed by atoms with Crippen molar-refractivity contribution in [3.8, 4) is 5.75 Å². The number of hydrogen-bond donors (Lipinski definition) is 3. The summed E-state index contributed by atoms with van der Waals surface area (Å²) in [4.78, 5) is 24.3. The van der Waals surface area contributed by atoms with Crippen molar-refractivity contribution in [3.05, 3.63) is 59.2 Å². The molecule has 0 aliphatic carbocycles. The molecule has 0 unspecified atom stereocenters. The lowest BCUT2D eigenvalue weighted by Crippen LogP contribution is -2.45. The van der Waals surface area contributed by atoms with Crippen LogP contribution in [0.3, 0.4) is 0 Å². The van der Waals surface area contributed by atoms with E-state index in [1.54, 1.807) is 37.4 Å². The lowest BCUT2D eigenvalue weighted by molar-refractivity contribution is -0.122. The summed E-state index contributed by atoms with van der Waals surface area (Å²) in [6.45, 7) is 1.94. The molecule has 0 aliphatic heterocycles. The summed E-state index contributed by atoms with van der Waals surface area (Å²) in [7, 11) is 1.59. The molecule has 132 valence electrons. The van der Waals surface area contributed by atoms with Crippen molar-refractivity contribution in [2.24, 2.45) is 5.84 Å². The van der Waals surface area contributed by atoms with Gasteiger partial charge in [0.15, 0.2) is 0 Å². The van der Waals surface area contributed by atoms with Crippen LogP contribution in [-0.2, 0) is 11.3 Å². The van der Waals surface area contributed by atoms with E-state index in [4.69, 9.17) is 16.3 Å². The van der Waals surface area contributed by atoms with Crippen molar-refractivity contribution >= 4 is 17.5 Å². The number of hydrogen-bond acceptors (Lipinski definition) is 5. The number of carbonyl (C=O) groups is 2. The first kappa shape index (κ1) is 18.3. The number of amides is 2. The monoisotopic (exact) mass is 342 g/mol. The fraction of sp³-hybridized carbons (Fsp3) is 0.222. The Morgan fingerprint density at radius 1 is 1.16 bits per heavy atom. The van der Waals surface area contributed by atoms with Crippen molar-refractivity contribution in [1.29, 1.82) is 0 Å². The Labute approximate surface area is 146 Å². The molecule has 0 spiro atoms. The predicted molar refractivity (Wildman–Crippen MR) is 95.7 cm³/mol. The molecule has 0 saturated carbocycles. The van der Waals surface area contributed by atoms with Crippen molar-refractivity contribution in [3.63, 3.8) is 0 Å². The van der Waals surface area contributed by atoms with Crippen molar-refractivity contribution in [2.45, 2.75) is 13.5 Å². The van der Waals surface area contributed by atoms with E-state index in [9.17, 15) is 9.59 Å². The van der Waals surface area contributed by atoms with Crippen LogP contribution in [0.25, 0.3) is 0 Å². The molecule has 0 aliphatic rings. The zero-order valence-electron chi connectivity index (χ0n) is 14.3. The maximum atomic E-state index is 12.3. The van der Waals surface area contributed by atoms with E-state index < -0.39 is 5.91 Å². The highest BCUT2D eigenvalue weighted by Gasteiger charge is 2.17. The third-order valence-corrected chi connectivity index (χ3v) is 3.66. The number of benzene rings is 2. The number of ether oxygens (including phenoxy) is 1. The summed E-state index contributed by atoms with van der Waals surface area (Å²) in [5.74, 6) is 5.59. The van der Waals surface area contributed by atoms with Gasteiger partial charge in [0.2, 0.25) is 5.91 Å². The predicted octanol–water partition coefficient (Wildman–Crippen LogP) is 1.22. The Bertz CT molecular complexity index is 759. The SMILES string of the molecule is COc1ccc(CNC(=O)CN(N)C(=O)c2ccc(C)cc2N)cc1. The number of hydrazine groups is 1. The van der Waals surface area contributed by atoms with Crippen molar-refractivity contribution < 1.29 is 14.3 Å². The number of rotatable bonds is 6. The molecule has 25 heavy (non-hydrogen) atoms. The Morgan fingerprint density at radius 2 is 1.84 bits per heavy atom. The van der Waals surface area contributed by atoms with Gasteiger partial charge in [0, 0.05) is 12.2 Å². The Morgan fingerprint density at radius 3 is 2.44 bits per heavy atom. The molecule has 0 saturated heterocycles. The van der Waals surface area contributed by atoms with Crippen LogP contribution in [0.4, 0.5) is 5.69 Å². The van der Waals surface area contributed by atoms with Crippen LogP contribution in [0.15, 0.2) is 42.5 Å². The highest BCUT2D eigenvalue weighted by atomic mass is 16.5. The van der Waals surface area contributed by atoms with E-state index >= 15 is 0 Å². The zero-order valence-corrected chi connectivity index (χ0v) is 14.3. The number of nitrogens with two attached hydrogens (primary N) is 2. The van der Waals surface area contributed by atoms with Crippen molar-refractivity contribution in [2.75, 3.05) is 19.4 Å². The van der Waals surface area contributed by atoms with E-state index in [1.807, 2.05) is 19.1 Å². The highest BCUT2D eigenvalue weighted by Crippen LogP contribution is 2.15. The zero-order chi connectivity index (χ0) is 18.4. The van der Waals surface area contributed by atoms with Crippen LogP contribution in [0.5, 0.6) is 5.75 Å². The van der Waals surface area contributed by atoms with E-state index in [1.165, 1.54) is 0 Å². The Kier molecular flexibility index (Phi) is 5.97. The van der Waals surface area contributed by atoms with E-state index in [0.29, 0.717) is 12.2 Å². The summed E-state index contributed by atoms with van der Waals surface area (Å²) in [6, 6.07) is 12.4. The molecule has 0 aromatic heterocycles. The number of methoxy groups -OCH3 is 1. The Balaban J connectivity index is 1.89. The third kappa shape index (κ3) is 4.95. The molecular formula is C18H22N4O3. The summed E-state index contributed by atoms with van der Waals surface area (Å²) in [5.41, 5.74) is 8.29. The first-order valence-corrected chi connectivity index (χ1v) is 7.73. The molecule has 2 aromatic carbocycles. The highest BCUT2D eigenvalue weighted by molar-refractivity contribution is 6.00. The van der Waals surface area contributed by atoms with Gasteiger partial charge in [-0.1, -0.05) is 18.2 Å². The Hall–Kier alpha value is -3.06. The van der Waals surface area contributed by atoms with Gasteiger partial charge >= 0.3 is 0 Å². The third-order valence-electron chi connectivity index (χ3n) is 3.66. The summed E-state index contributed by atoms with van der Waals surface area (Å²) < 4.78 is 5.07. The molecule has 7 nitrogen and oxygen atoms in total. The van der Waals surface area contributed by atoms with Crippen LogP contribution < -0.4 is 21.6 Å². The lowest BCUT2D eigenvalue weighted by atomic mass is 10.1. The number of nitrogens with zero attached hydrogens (tertiary/aromatic N) is 1. The van der Waals surface area contributed by atoms with Crippen LogP contribution in [0, 0.1) is 6.92 Å². The van der Waals surface area contributed by atoms with Gasteiger partial charge in [-0.05, 0) is 42.3 Å². The van der Waals surface area contributed by atoms with Gasteiger partial charge in [0.1, 0.15) is 12.3 Å². The molecule has 0 bridgehead atoms. The number of carbonyl (C=O) groups excluding carboxylic acids is 2. The number of nitrogen functional groups attached to an aromatic ring is 1. The van der Waals surface area contributed by atoms with Crippen molar-refractivity contribution in [1.82, 2.24) is 10.3 Å². The molecule has 5 N–H and O–H groups in total. The topological polar surface area (TPSA) is 111 Å². The number of aryl methyl sites for hydroxylation is 1. The molecule has 2 amide bonds. The van der Waals surface area contributed by atoms with Crippen LogP contribution >= 0.6 is 0 Å². The molecule has 0 fully saturated rings. The van der Waals surface area contributed by atoms with Gasteiger partial charge in [0.05, 0.1) is 12.7 Å². The number of nitrogens with one attached hydrogen (secondary N) is 1. The van der Waals surface area contributed by atoms with Gasteiger partial charge < -0.3 is 15.8 Å².